The van der Waals surface area contributed by atoms with Crippen LogP contribution in [0.15, 0.2) is 10.9 Å². The average molecular weight is 207 g/mol. The summed E-state index contributed by atoms with van der Waals surface area (Å²) in [6.45, 7) is 3.06. The third-order valence-corrected chi connectivity index (χ3v) is 2.87. The number of rotatable bonds is 2. The molecule has 2 N–H and O–H groups in total. The van der Waals surface area contributed by atoms with Gasteiger partial charge in [0.1, 0.15) is 0 Å². The molecule has 0 radical (unpaired) electrons. The van der Waals surface area contributed by atoms with E-state index in [0.29, 0.717) is 0 Å². The maximum atomic E-state index is 11.3. The molecule has 0 amide bonds. The molecule has 4 nitrogen and oxygen atoms in total. The van der Waals surface area contributed by atoms with Crippen LogP contribution in [-0.2, 0) is 6.42 Å². The first-order valence-electron chi connectivity index (χ1n) is 5.63. The van der Waals surface area contributed by atoms with E-state index >= 15 is 0 Å². The Balaban J connectivity index is 2.26. The maximum absolute atomic E-state index is 11.3. The van der Waals surface area contributed by atoms with Crippen LogP contribution in [0.3, 0.4) is 0 Å². The predicted molar refractivity (Wildman–Crippen MR) is 58.8 cm³/mol. The topological polar surface area (TPSA) is 57.8 Å². The normalized spacial score (nSPS) is 21.5. The van der Waals surface area contributed by atoms with Crippen molar-refractivity contribution in [2.24, 2.45) is 0 Å². The molecule has 1 aromatic rings. The highest BCUT2D eigenvalue weighted by Gasteiger charge is 2.16. The number of piperidine rings is 1. The van der Waals surface area contributed by atoms with Crippen LogP contribution in [0.4, 0.5) is 0 Å². The van der Waals surface area contributed by atoms with Crippen molar-refractivity contribution in [2.45, 2.75) is 38.6 Å². The first-order chi connectivity index (χ1) is 7.29. The Morgan fingerprint density at radius 3 is 3.07 bits per heavy atom. The van der Waals surface area contributed by atoms with Gasteiger partial charge in [-0.3, -0.25) is 0 Å². The Hall–Kier alpha value is -1.16. The van der Waals surface area contributed by atoms with Gasteiger partial charge in [0.2, 0.25) is 0 Å². The minimum absolute atomic E-state index is 0.225. The minimum Gasteiger partial charge on any atom is -0.310 e. The summed E-state index contributed by atoms with van der Waals surface area (Å²) < 4.78 is 0. The molecule has 0 aliphatic carbocycles. The van der Waals surface area contributed by atoms with Gasteiger partial charge >= 0.3 is 5.69 Å². The van der Waals surface area contributed by atoms with Crippen LogP contribution in [0.25, 0.3) is 0 Å². The van der Waals surface area contributed by atoms with Crippen LogP contribution in [0, 0.1) is 0 Å². The third-order valence-electron chi connectivity index (χ3n) is 2.87. The van der Waals surface area contributed by atoms with Crippen molar-refractivity contribution in [3.05, 3.63) is 27.9 Å². The lowest BCUT2D eigenvalue weighted by Gasteiger charge is -2.22. The van der Waals surface area contributed by atoms with E-state index in [0.717, 1.165) is 30.8 Å². The summed E-state index contributed by atoms with van der Waals surface area (Å²) in [6.07, 6.45) is 4.37. The van der Waals surface area contributed by atoms with E-state index in [1.54, 1.807) is 0 Å². The molecule has 1 aliphatic heterocycles. The second-order valence-electron chi connectivity index (χ2n) is 3.99. The van der Waals surface area contributed by atoms with Gasteiger partial charge in [-0.15, -0.1) is 0 Å². The van der Waals surface area contributed by atoms with E-state index in [1.165, 1.54) is 12.8 Å². The maximum Gasteiger partial charge on any atom is 0.345 e. The van der Waals surface area contributed by atoms with Gasteiger partial charge in [0.05, 0.1) is 5.69 Å². The summed E-state index contributed by atoms with van der Waals surface area (Å²) in [5, 5.41) is 3.40. The molecule has 0 bridgehead atoms. The Kier molecular flexibility index (Phi) is 3.16. The second kappa shape index (κ2) is 4.57. The quantitative estimate of drug-likeness (QED) is 0.764. The van der Waals surface area contributed by atoms with Crippen molar-refractivity contribution in [1.82, 2.24) is 15.3 Å². The molecule has 1 unspecified atom stereocenters. The number of nitrogens with one attached hydrogen (secondary N) is 2. The number of aromatic nitrogens is 2. The summed E-state index contributed by atoms with van der Waals surface area (Å²) in [6, 6.07) is 2.27. The Labute approximate surface area is 89.1 Å². The Morgan fingerprint density at radius 1 is 1.53 bits per heavy atom. The number of hydrogen-bond acceptors (Lipinski definition) is 3. The molecule has 1 saturated heterocycles. The lowest BCUT2D eigenvalue weighted by Crippen LogP contribution is -2.29. The van der Waals surface area contributed by atoms with Gasteiger partial charge in [0, 0.05) is 11.7 Å². The zero-order chi connectivity index (χ0) is 10.7. The first kappa shape index (κ1) is 10.4. The molecule has 0 aromatic carbocycles. The van der Waals surface area contributed by atoms with Crippen LogP contribution >= 0.6 is 0 Å². The Morgan fingerprint density at radius 2 is 2.40 bits per heavy atom. The molecule has 82 valence electrons. The van der Waals surface area contributed by atoms with Gasteiger partial charge < -0.3 is 10.3 Å². The second-order valence-corrected chi connectivity index (χ2v) is 3.99. The monoisotopic (exact) mass is 207 g/mol. The third kappa shape index (κ3) is 2.45. The lowest BCUT2D eigenvalue weighted by molar-refractivity contribution is 0.404. The first-order valence-corrected chi connectivity index (χ1v) is 5.63. The molecule has 1 atom stereocenters. The van der Waals surface area contributed by atoms with Crippen molar-refractivity contribution in [1.29, 1.82) is 0 Å². The molecule has 15 heavy (non-hydrogen) atoms. The fourth-order valence-corrected chi connectivity index (χ4v) is 2.00. The standard InChI is InChI=1S/C11H17N3O/c1-2-8-7-10(14-11(15)13-8)9-5-3-4-6-12-9/h7,9,12H,2-6H2,1H3,(H,13,14,15). The lowest BCUT2D eigenvalue weighted by atomic mass is 10.0. The molecule has 4 heteroatoms. The summed E-state index contributed by atoms with van der Waals surface area (Å²) in [5.74, 6) is 0. The van der Waals surface area contributed by atoms with E-state index in [1.807, 2.05) is 13.0 Å². The fourth-order valence-electron chi connectivity index (χ4n) is 2.00. The highest BCUT2D eigenvalue weighted by atomic mass is 16.1. The number of hydrogen-bond donors (Lipinski definition) is 2. The van der Waals surface area contributed by atoms with E-state index in [2.05, 4.69) is 15.3 Å². The molecule has 1 aliphatic rings. The Bertz CT molecular complexity index is 380. The zero-order valence-electron chi connectivity index (χ0n) is 9.05. The van der Waals surface area contributed by atoms with Crippen LogP contribution in [0.5, 0.6) is 0 Å². The van der Waals surface area contributed by atoms with Gasteiger partial charge in [-0.2, -0.15) is 4.98 Å². The van der Waals surface area contributed by atoms with Crippen molar-refractivity contribution in [3.8, 4) is 0 Å². The van der Waals surface area contributed by atoms with Crippen LogP contribution in [0.1, 0.15) is 43.6 Å². The molecular weight excluding hydrogens is 190 g/mol. The summed E-state index contributed by atoms with van der Waals surface area (Å²) in [5.41, 5.74) is 1.64. The number of aromatic amines is 1. The van der Waals surface area contributed by atoms with Crippen LogP contribution in [0.2, 0.25) is 0 Å². The van der Waals surface area contributed by atoms with E-state index in [4.69, 9.17) is 0 Å². The smallest absolute Gasteiger partial charge is 0.310 e. The van der Waals surface area contributed by atoms with E-state index < -0.39 is 0 Å². The van der Waals surface area contributed by atoms with Crippen molar-refractivity contribution in [3.63, 3.8) is 0 Å². The van der Waals surface area contributed by atoms with Gasteiger partial charge in [-0.1, -0.05) is 13.3 Å². The molecule has 0 spiro atoms. The summed E-state index contributed by atoms with van der Waals surface area (Å²) >= 11 is 0. The van der Waals surface area contributed by atoms with Crippen LogP contribution < -0.4 is 11.0 Å². The molecular formula is C11H17N3O. The molecule has 1 aromatic heterocycles. The number of H-pyrrole nitrogens is 1. The average Bonchev–Trinajstić information content (AvgIpc) is 2.29. The summed E-state index contributed by atoms with van der Waals surface area (Å²) in [4.78, 5) is 18.1. The molecule has 2 heterocycles. The van der Waals surface area contributed by atoms with Crippen molar-refractivity contribution >= 4 is 0 Å². The summed E-state index contributed by atoms with van der Waals surface area (Å²) in [7, 11) is 0. The molecule has 1 fully saturated rings. The predicted octanol–water partition coefficient (Wildman–Crippen LogP) is 1.15. The zero-order valence-corrected chi connectivity index (χ0v) is 9.05. The molecule has 0 saturated carbocycles. The van der Waals surface area contributed by atoms with E-state index in [9.17, 15) is 4.79 Å². The van der Waals surface area contributed by atoms with Crippen molar-refractivity contribution in [2.75, 3.05) is 6.54 Å². The van der Waals surface area contributed by atoms with Crippen LogP contribution in [-0.4, -0.2) is 16.5 Å². The van der Waals surface area contributed by atoms with Gasteiger partial charge in [-0.05, 0) is 31.9 Å². The minimum atomic E-state index is -0.225. The number of aryl methyl sites for hydroxylation is 1. The fraction of sp³-hybridized carbons (Fsp3) is 0.636. The highest BCUT2D eigenvalue weighted by molar-refractivity contribution is 5.12. The van der Waals surface area contributed by atoms with E-state index in [-0.39, 0.29) is 11.7 Å². The van der Waals surface area contributed by atoms with Gasteiger partial charge in [-0.25, -0.2) is 4.79 Å². The number of nitrogens with zero attached hydrogens (tertiary/aromatic N) is 1. The SMILES string of the molecule is CCc1cc(C2CCCCN2)nc(=O)[nH]1. The van der Waals surface area contributed by atoms with Crippen molar-refractivity contribution < 1.29 is 0 Å². The highest BCUT2D eigenvalue weighted by Crippen LogP contribution is 2.20. The van der Waals surface area contributed by atoms with Gasteiger partial charge in [0.25, 0.3) is 0 Å². The molecule has 2 rings (SSSR count). The van der Waals surface area contributed by atoms with Gasteiger partial charge in [0.15, 0.2) is 0 Å². The largest absolute Gasteiger partial charge is 0.345 e.